The van der Waals surface area contributed by atoms with Crippen molar-refractivity contribution in [3.8, 4) is 0 Å². The van der Waals surface area contributed by atoms with E-state index in [1.54, 1.807) is 4.81 Å². The number of carbonyl (C=O) groups excluding carboxylic acids is 1. The van der Waals surface area contributed by atoms with Crippen LogP contribution in [0.25, 0.3) is 0 Å². The van der Waals surface area contributed by atoms with Gasteiger partial charge in [-0.05, 0) is 24.5 Å². The Kier molecular flexibility index (Phi) is 4.51. The molecule has 1 aliphatic heterocycles. The summed E-state index contributed by atoms with van der Waals surface area (Å²) in [7, 11) is 1.35. The predicted octanol–water partition coefficient (Wildman–Crippen LogP) is 0.169. The monoisotopic (exact) mass is 275 g/mol. The van der Waals surface area contributed by atoms with Crippen molar-refractivity contribution in [2.45, 2.75) is 32.0 Å². The second-order valence-electron chi connectivity index (χ2n) is 5.08. The number of benzene rings is 1. The van der Waals surface area contributed by atoms with Crippen molar-refractivity contribution in [2.24, 2.45) is 0 Å². The van der Waals surface area contributed by atoms with E-state index < -0.39 is 23.6 Å². The summed E-state index contributed by atoms with van der Waals surface area (Å²) in [5, 5.41) is 20.6. The molecule has 1 N–H and O–H groups in total. The summed E-state index contributed by atoms with van der Waals surface area (Å²) < 4.78 is 0. The Morgan fingerprint density at radius 2 is 2.35 bits per heavy atom. The van der Waals surface area contributed by atoms with Gasteiger partial charge in [-0.25, -0.2) is 0 Å². The van der Waals surface area contributed by atoms with E-state index in [9.17, 15) is 20.0 Å². The van der Waals surface area contributed by atoms with Crippen molar-refractivity contribution in [1.82, 2.24) is 4.81 Å². The number of rotatable bonds is 5. The van der Waals surface area contributed by atoms with E-state index >= 15 is 0 Å². The molecule has 2 atom stereocenters. The Balaban J connectivity index is 2.24. The van der Waals surface area contributed by atoms with Gasteiger partial charge in [-0.15, -0.1) is 0 Å². The van der Waals surface area contributed by atoms with Gasteiger partial charge in [0.05, 0.1) is 6.19 Å². The van der Waals surface area contributed by atoms with E-state index in [4.69, 9.17) is 0 Å². The lowest BCUT2D eigenvalue weighted by atomic mass is 9.81. The normalized spacial score (nSPS) is 20.0. The Hall–Kier alpha value is -1.73. The third-order valence-electron chi connectivity index (χ3n) is 3.60. The predicted molar refractivity (Wildman–Crippen MR) is 74.6 cm³/mol. The zero-order valence-electron chi connectivity index (χ0n) is 11.2. The molecule has 1 radical (unpaired) electrons. The third-order valence-corrected chi connectivity index (χ3v) is 3.60. The molecule has 0 saturated heterocycles. The van der Waals surface area contributed by atoms with E-state index in [2.05, 4.69) is 0 Å². The highest BCUT2D eigenvalue weighted by atomic mass is 16.6. The first-order valence-corrected chi connectivity index (χ1v) is 6.44. The van der Waals surface area contributed by atoms with Crippen molar-refractivity contribution in [3.63, 3.8) is 0 Å². The molecule has 0 spiro atoms. The van der Waals surface area contributed by atoms with Gasteiger partial charge >= 0.3 is 0 Å². The van der Waals surface area contributed by atoms with Crippen molar-refractivity contribution >= 4 is 13.6 Å². The molecule has 0 aromatic heterocycles. The number of hydrogen-bond acceptors (Lipinski definition) is 5. The highest BCUT2D eigenvalue weighted by Crippen LogP contribution is 2.25. The van der Waals surface area contributed by atoms with Gasteiger partial charge in [-0.2, -0.15) is 0 Å². The Labute approximate surface area is 117 Å². The molecule has 1 aromatic carbocycles. The van der Waals surface area contributed by atoms with Gasteiger partial charge in [0.2, 0.25) is 6.54 Å². The van der Waals surface area contributed by atoms with Crippen LogP contribution in [-0.4, -0.2) is 47.1 Å². The summed E-state index contributed by atoms with van der Waals surface area (Å²) in [5.74, 6) is 0. The van der Waals surface area contributed by atoms with Gasteiger partial charge in [-0.1, -0.05) is 23.8 Å². The quantitative estimate of drug-likeness (QED) is 0.358. The Morgan fingerprint density at radius 1 is 1.60 bits per heavy atom. The minimum atomic E-state index is -1.10. The summed E-state index contributed by atoms with van der Waals surface area (Å²) in [5.41, 5.74) is 3.28. The van der Waals surface area contributed by atoms with E-state index in [1.165, 1.54) is 7.41 Å². The van der Waals surface area contributed by atoms with Crippen LogP contribution in [-0.2, 0) is 17.8 Å². The first-order chi connectivity index (χ1) is 9.51. The summed E-state index contributed by atoms with van der Waals surface area (Å²) >= 11 is 0. The van der Waals surface area contributed by atoms with Crippen LogP contribution in [0.5, 0.6) is 0 Å². The van der Waals surface area contributed by atoms with Crippen LogP contribution in [0, 0.1) is 17.0 Å². The maximum Gasteiger partial charge on any atom is 0.293 e. The number of aryl methyl sites for hydroxylation is 1. The molecule has 0 fully saturated rings. The zero-order valence-corrected chi connectivity index (χ0v) is 11.2. The maximum atomic E-state index is 10.7. The molecule has 1 heterocycles. The summed E-state index contributed by atoms with van der Waals surface area (Å²) in [6.07, 6.45) is 0.0393. The molecule has 1 aromatic rings. The average molecular weight is 275 g/mol. The van der Waals surface area contributed by atoms with Gasteiger partial charge < -0.3 is 14.7 Å². The fourth-order valence-corrected chi connectivity index (χ4v) is 2.63. The number of carbonyl (C=O) groups is 1. The number of nitro groups is 1. The highest BCUT2D eigenvalue weighted by molar-refractivity contribution is 6.64. The van der Waals surface area contributed by atoms with Crippen LogP contribution in [0.2, 0.25) is 0 Å². The molecule has 2 rings (SSSR count). The molecule has 6 nitrogen and oxygen atoms in total. The summed E-state index contributed by atoms with van der Waals surface area (Å²) in [6, 6.07) is 5.56. The molecule has 20 heavy (non-hydrogen) atoms. The van der Waals surface area contributed by atoms with Gasteiger partial charge in [0, 0.05) is 17.5 Å². The largest absolute Gasteiger partial charge is 0.385 e. The lowest BCUT2D eigenvalue weighted by molar-refractivity contribution is -0.491. The number of aliphatic hydroxyl groups is 1. The molecule has 0 aliphatic carbocycles. The highest BCUT2D eigenvalue weighted by Gasteiger charge is 2.33. The minimum Gasteiger partial charge on any atom is -0.385 e. The smallest absolute Gasteiger partial charge is 0.293 e. The van der Waals surface area contributed by atoms with E-state index in [0.29, 0.717) is 19.2 Å². The second kappa shape index (κ2) is 6.15. The van der Waals surface area contributed by atoms with Crippen LogP contribution < -0.4 is 0 Å². The van der Waals surface area contributed by atoms with Crippen molar-refractivity contribution in [2.75, 3.05) is 6.54 Å². The van der Waals surface area contributed by atoms with Gasteiger partial charge in [0.1, 0.15) is 6.10 Å². The van der Waals surface area contributed by atoms with Crippen LogP contribution in [0.1, 0.15) is 16.7 Å². The van der Waals surface area contributed by atoms with E-state index in [1.807, 2.05) is 25.1 Å². The van der Waals surface area contributed by atoms with Crippen LogP contribution >= 0.6 is 0 Å². The summed E-state index contributed by atoms with van der Waals surface area (Å²) in [6.45, 7) is 1.95. The maximum absolute atomic E-state index is 10.7. The van der Waals surface area contributed by atoms with Gasteiger partial charge in [-0.3, -0.25) is 10.1 Å². The first-order valence-electron chi connectivity index (χ1n) is 6.44. The molecule has 7 heteroatoms. The lowest BCUT2D eigenvalue weighted by Gasteiger charge is -2.37. The third kappa shape index (κ3) is 3.23. The fraction of sp³-hybridized carbons (Fsp3) is 0.462. The van der Waals surface area contributed by atoms with Gasteiger partial charge in [0.25, 0.3) is 7.41 Å². The SMILES string of the molecule is Cc1ccc2c(c1)CN([B]C=O)[C@H]([C@H](O)C[N+](=O)[O-])C2. The van der Waals surface area contributed by atoms with E-state index in [-0.39, 0.29) is 0 Å². The molecule has 0 saturated carbocycles. The van der Waals surface area contributed by atoms with Crippen molar-refractivity contribution < 1.29 is 14.8 Å². The molecule has 1 aliphatic rings. The number of hydrogen-bond donors (Lipinski definition) is 1. The average Bonchev–Trinajstić information content (AvgIpc) is 2.37. The van der Waals surface area contributed by atoms with Crippen LogP contribution in [0.3, 0.4) is 0 Å². The van der Waals surface area contributed by atoms with Crippen molar-refractivity contribution in [3.05, 3.63) is 45.0 Å². The zero-order chi connectivity index (χ0) is 14.7. The molecule has 0 unspecified atom stereocenters. The van der Waals surface area contributed by atoms with Crippen LogP contribution in [0.15, 0.2) is 18.2 Å². The molecule has 105 valence electrons. The number of fused-ring (bicyclic) bond motifs is 1. The minimum absolute atomic E-state index is 0.444. The Bertz CT molecular complexity index is 523. The topological polar surface area (TPSA) is 83.7 Å². The molecular weight excluding hydrogens is 259 g/mol. The second-order valence-corrected chi connectivity index (χ2v) is 5.08. The molecular formula is C13H16BN2O4. The van der Waals surface area contributed by atoms with E-state index in [0.717, 1.165) is 16.7 Å². The molecule has 0 amide bonds. The lowest BCUT2D eigenvalue weighted by Crippen LogP contribution is -2.51. The van der Waals surface area contributed by atoms with Gasteiger partial charge in [0.15, 0.2) is 0 Å². The standard InChI is InChI=1S/C13H16BN2O4/c1-9-2-3-10-5-12(13(18)7-16(19)20)15(14-8-17)6-11(10)4-9/h2-4,8,12-13,18H,5-7H2,1H3/t12-,13+/m0/s1. The van der Waals surface area contributed by atoms with Crippen molar-refractivity contribution in [1.29, 1.82) is 0 Å². The number of aliphatic hydroxyl groups excluding tert-OH is 1. The molecule has 0 bridgehead atoms. The summed E-state index contributed by atoms with van der Waals surface area (Å²) in [4.78, 5) is 22.4. The Morgan fingerprint density at radius 3 is 3.00 bits per heavy atom. The first kappa shape index (κ1) is 14.7. The number of nitrogens with zero attached hydrogens (tertiary/aromatic N) is 2. The van der Waals surface area contributed by atoms with Crippen LogP contribution in [0.4, 0.5) is 0 Å². The fourth-order valence-electron chi connectivity index (χ4n) is 2.63.